The second-order valence-corrected chi connectivity index (χ2v) is 9.31. The lowest BCUT2D eigenvalue weighted by atomic mass is 10.0. The number of H-pyrrole nitrogens is 2. The first kappa shape index (κ1) is 27.7. The van der Waals surface area contributed by atoms with Crippen molar-refractivity contribution in [3.05, 3.63) is 122 Å². The second-order valence-electron chi connectivity index (χ2n) is 9.31. The maximum atomic E-state index is 13.6. The number of carbonyl (C=O) groups is 1. The number of rotatable bonds is 10. The van der Waals surface area contributed by atoms with Crippen molar-refractivity contribution in [2.45, 2.75) is 38.5 Å². The van der Waals surface area contributed by atoms with Crippen LogP contribution in [-0.4, -0.2) is 49.4 Å². The lowest BCUT2D eigenvalue weighted by molar-refractivity contribution is 0.0554. The molecule has 2 atom stereocenters. The van der Waals surface area contributed by atoms with Crippen molar-refractivity contribution in [2.24, 2.45) is 5.73 Å². The van der Waals surface area contributed by atoms with Gasteiger partial charge in [0.05, 0.1) is 11.8 Å². The minimum atomic E-state index is -1.20. The molecule has 1 amide bonds. The molecule has 2 unspecified atom stereocenters. The molecule has 3 aromatic carbocycles. The number of amides is 1. The van der Waals surface area contributed by atoms with Gasteiger partial charge in [-0.1, -0.05) is 31.2 Å². The first-order chi connectivity index (χ1) is 18.6. The number of aromatic nitrogens is 3. The summed E-state index contributed by atoms with van der Waals surface area (Å²) in [6.07, 6.45) is -0.401. The van der Waals surface area contributed by atoms with Crippen LogP contribution in [0.4, 0.5) is 8.78 Å². The Morgan fingerprint density at radius 3 is 2.18 bits per heavy atom. The number of nitrogens with one attached hydrogen (secondary N) is 2. The monoisotopic (exact) mass is 537 g/mol. The Kier molecular flexibility index (Phi) is 8.52. The van der Waals surface area contributed by atoms with E-state index in [1.807, 2.05) is 31.2 Å². The van der Waals surface area contributed by atoms with Gasteiger partial charge in [-0.05, 0) is 65.9 Å². The summed E-state index contributed by atoms with van der Waals surface area (Å²) in [5.41, 5.74) is 7.63. The van der Waals surface area contributed by atoms with E-state index in [0.29, 0.717) is 0 Å². The van der Waals surface area contributed by atoms with Crippen LogP contribution in [0.3, 0.4) is 0 Å². The van der Waals surface area contributed by atoms with Gasteiger partial charge in [0.1, 0.15) is 11.6 Å². The molecule has 4 aromatic rings. The number of nitrogens with two attached hydrogens (primary N) is 1. The van der Waals surface area contributed by atoms with E-state index in [0.717, 1.165) is 40.3 Å². The van der Waals surface area contributed by atoms with Crippen molar-refractivity contribution in [3.8, 4) is 5.69 Å². The molecular weight excluding hydrogens is 508 g/mol. The van der Waals surface area contributed by atoms with Crippen LogP contribution in [0.15, 0.2) is 76.3 Å². The Balaban J connectivity index is 1.57. The number of hydrogen-bond acceptors (Lipinski definition) is 5. The highest BCUT2D eigenvalue weighted by atomic mass is 19.1. The van der Waals surface area contributed by atoms with Crippen LogP contribution >= 0.6 is 0 Å². The van der Waals surface area contributed by atoms with Gasteiger partial charge < -0.3 is 15.7 Å². The van der Waals surface area contributed by atoms with E-state index in [2.05, 4.69) is 10.2 Å². The molecule has 1 aromatic heterocycles. The molecule has 0 fully saturated rings. The summed E-state index contributed by atoms with van der Waals surface area (Å²) < 4.78 is 28.1. The fraction of sp³-hybridized carbons (Fsp3) is 0.250. The Morgan fingerprint density at radius 1 is 0.949 bits per heavy atom. The molecule has 204 valence electrons. The van der Waals surface area contributed by atoms with Gasteiger partial charge in [0, 0.05) is 30.8 Å². The lowest BCUT2D eigenvalue weighted by Gasteiger charge is -2.28. The van der Waals surface area contributed by atoms with Crippen molar-refractivity contribution in [1.29, 1.82) is 0 Å². The Hall–Kier alpha value is -4.35. The van der Waals surface area contributed by atoms with Crippen LogP contribution in [0.25, 0.3) is 5.69 Å². The van der Waals surface area contributed by atoms with Crippen LogP contribution in [0.2, 0.25) is 0 Å². The SMILES string of the molecule is CCc1cccc(CN(CC(O)C(N)Cc2cc(F)cc(F)c2)C(=O)c2ccc(-n3c(=O)[nH][nH]c3=O)cc2)c1. The Labute approximate surface area is 222 Å². The Bertz CT molecular complexity index is 1510. The summed E-state index contributed by atoms with van der Waals surface area (Å²) in [5.74, 6) is -1.90. The van der Waals surface area contributed by atoms with Crippen LogP contribution in [0, 0.1) is 11.6 Å². The summed E-state index contributed by atoms with van der Waals surface area (Å²) in [6, 6.07) is 15.7. The van der Waals surface area contributed by atoms with Gasteiger partial charge in [0.25, 0.3) is 5.91 Å². The quantitative estimate of drug-likeness (QED) is 0.246. The molecule has 0 radical (unpaired) electrons. The number of nitrogens with zero attached hydrogens (tertiary/aromatic N) is 2. The van der Waals surface area contributed by atoms with Crippen molar-refractivity contribution in [1.82, 2.24) is 19.7 Å². The molecule has 39 heavy (non-hydrogen) atoms. The number of hydrogen-bond donors (Lipinski definition) is 4. The third-order valence-electron chi connectivity index (χ3n) is 6.41. The number of aliphatic hydroxyl groups excluding tert-OH is 1. The maximum Gasteiger partial charge on any atom is 0.348 e. The van der Waals surface area contributed by atoms with E-state index in [4.69, 9.17) is 5.73 Å². The lowest BCUT2D eigenvalue weighted by Crippen LogP contribution is -2.46. The fourth-order valence-corrected chi connectivity index (χ4v) is 4.37. The van der Waals surface area contributed by atoms with E-state index in [1.54, 1.807) is 0 Å². The van der Waals surface area contributed by atoms with Gasteiger partial charge in [-0.2, -0.15) is 0 Å². The number of carbonyl (C=O) groups excluding carboxylic acids is 1. The van der Waals surface area contributed by atoms with E-state index in [-0.39, 0.29) is 36.3 Å². The van der Waals surface area contributed by atoms with Gasteiger partial charge in [0.15, 0.2) is 0 Å². The highest BCUT2D eigenvalue weighted by Crippen LogP contribution is 2.17. The zero-order valence-corrected chi connectivity index (χ0v) is 21.2. The molecule has 0 saturated carbocycles. The zero-order valence-electron chi connectivity index (χ0n) is 21.2. The Morgan fingerprint density at radius 2 is 1.56 bits per heavy atom. The maximum absolute atomic E-state index is 13.6. The summed E-state index contributed by atoms with van der Waals surface area (Å²) in [5, 5.41) is 15.3. The van der Waals surface area contributed by atoms with Gasteiger partial charge in [0.2, 0.25) is 0 Å². The molecule has 4 rings (SSSR count). The first-order valence-electron chi connectivity index (χ1n) is 12.4. The minimum absolute atomic E-state index is 0.00213. The number of aryl methyl sites for hydroxylation is 1. The second kappa shape index (κ2) is 12.0. The smallest absolute Gasteiger partial charge is 0.348 e. The van der Waals surface area contributed by atoms with E-state index in [9.17, 15) is 28.3 Å². The molecule has 11 heteroatoms. The number of benzene rings is 3. The molecular formula is C28H29F2N5O4. The standard InChI is InChI=1S/C28H29F2N5O4/c1-2-17-4-3-5-18(10-17)15-34(16-25(36)24(31)13-19-11-21(29)14-22(30)12-19)26(37)20-6-8-23(9-7-20)35-27(38)32-33-28(35)39/h3-12,14,24-25,36H,2,13,15-16,31H2,1H3,(H,32,38)(H,33,39). The minimum Gasteiger partial charge on any atom is -0.390 e. The highest BCUT2D eigenvalue weighted by Gasteiger charge is 2.24. The van der Waals surface area contributed by atoms with Crippen molar-refractivity contribution < 1.29 is 18.7 Å². The third-order valence-corrected chi connectivity index (χ3v) is 6.41. The molecule has 9 nitrogen and oxygen atoms in total. The highest BCUT2D eigenvalue weighted by molar-refractivity contribution is 5.94. The number of halogens is 2. The van der Waals surface area contributed by atoms with Crippen molar-refractivity contribution >= 4 is 5.91 Å². The first-order valence-corrected chi connectivity index (χ1v) is 12.4. The molecule has 0 bridgehead atoms. The van der Waals surface area contributed by atoms with Crippen molar-refractivity contribution in [2.75, 3.05) is 6.54 Å². The van der Waals surface area contributed by atoms with E-state index < -0.39 is 41.1 Å². The molecule has 0 spiro atoms. The van der Waals surface area contributed by atoms with E-state index >= 15 is 0 Å². The molecule has 5 N–H and O–H groups in total. The van der Waals surface area contributed by atoms with Crippen molar-refractivity contribution in [3.63, 3.8) is 0 Å². The molecule has 1 heterocycles. The van der Waals surface area contributed by atoms with Gasteiger partial charge >= 0.3 is 11.4 Å². The average molecular weight is 538 g/mol. The summed E-state index contributed by atoms with van der Waals surface area (Å²) >= 11 is 0. The third kappa shape index (κ3) is 6.75. The van der Waals surface area contributed by atoms with Gasteiger partial charge in [-0.3, -0.25) is 4.79 Å². The predicted molar refractivity (Wildman–Crippen MR) is 142 cm³/mol. The topological polar surface area (TPSA) is 137 Å². The number of aliphatic hydroxyl groups is 1. The van der Waals surface area contributed by atoms with Gasteiger partial charge in [-0.25, -0.2) is 33.1 Å². The largest absolute Gasteiger partial charge is 0.390 e. The summed E-state index contributed by atoms with van der Waals surface area (Å²) in [4.78, 5) is 38.8. The molecule has 0 saturated heterocycles. The molecule has 0 aliphatic heterocycles. The van der Waals surface area contributed by atoms with Crippen LogP contribution in [0.1, 0.15) is 34.0 Å². The van der Waals surface area contributed by atoms with Gasteiger partial charge in [-0.15, -0.1) is 0 Å². The van der Waals surface area contributed by atoms with Crippen LogP contribution in [0.5, 0.6) is 0 Å². The number of aromatic amines is 2. The zero-order chi connectivity index (χ0) is 28.1. The normalized spacial score (nSPS) is 12.7. The summed E-state index contributed by atoms with van der Waals surface area (Å²) in [6.45, 7) is 2.04. The fourth-order valence-electron chi connectivity index (χ4n) is 4.37. The van der Waals surface area contributed by atoms with E-state index in [1.165, 1.54) is 29.2 Å². The predicted octanol–water partition coefficient (Wildman–Crippen LogP) is 2.27. The van der Waals surface area contributed by atoms with Crippen LogP contribution < -0.4 is 17.1 Å². The molecule has 0 aliphatic carbocycles. The average Bonchev–Trinajstić information content (AvgIpc) is 3.24. The molecule has 0 aliphatic rings. The summed E-state index contributed by atoms with van der Waals surface area (Å²) in [7, 11) is 0. The van der Waals surface area contributed by atoms with Crippen LogP contribution in [-0.2, 0) is 19.4 Å².